The molecular weight excluding hydrogens is 257 g/mol. The lowest BCUT2D eigenvalue weighted by molar-refractivity contribution is -0.121. The maximum Gasteiger partial charge on any atom is 0.241 e. The Balaban J connectivity index is 1.99. The SMILES string of the molecule is CC(C(=O)Nc1ccc(F)cc1N)N(C)C(C)C1CC1. The third kappa shape index (κ3) is 3.28. The van der Waals surface area contributed by atoms with Crippen molar-refractivity contribution in [3.05, 3.63) is 24.0 Å². The van der Waals surface area contributed by atoms with Crippen molar-refractivity contribution in [2.24, 2.45) is 5.92 Å². The molecule has 1 aromatic carbocycles. The van der Waals surface area contributed by atoms with Gasteiger partial charge < -0.3 is 11.1 Å². The summed E-state index contributed by atoms with van der Waals surface area (Å²) in [7, 11) is 1.96. The van der Waals surface area contributed by atoms with Gasteiger partial charge in [-0.2, -0.15) is 0 Å². The Labute approximate surface area is 119 Å². The smallest absolute Gasteiger partial charge is 0.241 e. The summed E-state index contributed by atoms with van der Waals surface area (Å²) in [5.41, 5.74) is 6.39. The van der Waals surface area contributed by atoms with Crippen molar-refractivity contribution in [1.29, 1.82) is 0 Å². The number of amides is 1. The van der Waals surface area contributed by atoms with Gasteiger partial charge in [-0.1, -0.05) is 0 Å². The van der Waals surface area contributed by atoms with Gasteiger partial charge in [0.1, 0.15) is 5.82 Å². The van der Waals surface area contributed by atoms with E-state index in [1.807, 2.05) is 14.0 Å². The van der Waals surface area contributed by atoms with Crippen molar-refractivity contribution in [3.8, 4) is 0 Å². The van der Waals surface area contributed by atoms with Crippen LogP contribution in [-0.2, 0) is 4.79 Å². The maximum atomic E-state index is 13.0. The second-order valence-electron chi connectivity index (χ2n) is 5.64. The molecule has 1 amide bonds. The number of nitrogens with two attached hydrogens (primary N) is 1. The van der Waals surface area contributed by atoms with Crippen LogP contribution in [0.4, 0.5) is 15.8 Å². The first-order chi connectivity index (χ1) is 9.40. The van der Waals surface area contributed by atoms with Gasteiger partial charge in [-0.15, -0.1) is 0 Å². The van der Waals surface area contributed by atoms with Crippen LogP contribution in [0.2, 0.25) is 0 Å². The Morgan fingerprint density at radius 3 is 2.65 bits per heavy atom. The van der Waals surface area contributed by atoms with Crippen LogP contribution < -0.4 is 11.1 Å². The standard InChI is InChI=1S/C15H22FN3O/c1-9(11-4-5-11)19(3)10(2)15(20)18-14-7-6-12(16)8-13(14)17/h6-11H,4-5,17H2,1-3H3,(H,18,20). The number of anilines is 2. The highest BCUT2D eigenvalue weighted by Crippen LogP contribution is 2.35. The van der Waals surface area contributed by atoms with Crippen LogP contribution in [0.15, 0.2) is 18.2 Å². The molecule has 5 heteroatoms. The lowest BCUT2D eigenvalue weighted by atomic mass is 10.1. The van der Waals surface area contributed by atoms with Crippen LogP contribution >= 0.6 is 0 Å². The highest BCUT2D eigenvalue weighted by molar-refractivity contribution is 5.97. The molecule has 0 heterocycles. The minimum absolute atomic E-state index is 0.127. The number of rotatable bonds is 5. The summed E-state index contributed by atoms with van der Waals surface area (Å²) in [5.74, 6) is 0.164. The van der Waals surface area contributed by atoms with E-state index in [9.17, 15) is 9.18 Å². The van der Waals surface area contributed by atoms with E-state index in [0.29, 0.717) is 17.6 Å². The number of carbonyl (C=O) groups is 1. The molecule has 2 rings (SSSR count). The summed E-state index contributed by atoms with van der Waals surface area (Å²) in [6.45, 7) is 4.02. The van der Waals surface area contributed by atoms with Gasteiger partial charge in [0.05, 0.1) is 17.4 Å². The first-order valence-electron chi connectivity index (χ1n) is 6.98. The van der Waals surface area contributed by atoms with E-state index in [0.717, 1.165) is 0 Å². The molecule has 2 atom stereocenters. The zero-order valence-corrected chi connectivity index (χ0v) is 12.2. The third-order valence-electron chi connectivity index (χ3n) is 4.21. The van der Waals surface area contributed by atoms with E-state index in [4.69, 9.17) is 5.73 Å². The van der Waals surface area contributed by atoms with Crippen molar-refractivity contribution in [2.75, 3.05) is 18.1 Å². The van der Waals surface area contributed by atoms with E-state index in [1.54, 1.807) is 0 Å². The summed E-state index contributed by atoms with van der Waals surface area (Å²) in [4.78, 5) is 14.3. The summed E-state index contributed by atoms with van der Waals surface area (Å²) in [6, 6.07) is 4.11. The number of hydrogen-bond acceptors (Lipinski definition) is 3. The summed E-state index contributed by atoms with van der Waals surface area (Å²) in [5, 5.41) is 2.76. The Kier molecular flexibility index (Phi) is 4.28. The lowest BCUT2D eigenvalue weighted by Crippen LogP contribution is -2.45. The van der Waals surface area contributed by atoms with Crippen LogP contribution in [0.25, 0.3) is 0 Å². The van der Waals surface area contributed by atoms with Gasteiger partial charge >= 0.3 is 0 Å². The van der Waals surface area contributed by atoms with Crippen molar-refractivity contribution >= 4 is 17.3 Å². The molecule has 1 saturated carbocycles. The predicted octanol–water partition coefficient (Wildman–Crippen LogP) is 2.47. The number of carbonyl (C=O) groups excluding carboxylic acids is 1. The van der Waals surface area contributed by atoms with Gasteiger partial charge in [0, 0.05) is 6.04 Å². The molecule has 2 unspecified atom stereocenters. The lowest BCUT2D eigenvalue weighted by Gasteiger charge is -2.30. The molecule has 110 valence electrons. The Morgan fingerprint density at radius 2 is 2.10 bits per heavy atom. The molecule has 1 fully saturated rings. The van der Waals surface area contributed by atoms with Gasteiger partial charge in [-0.05, 0) is 57.9 Å². The largest absolute Gasteiger partial charge is 0.397 e. The summed E-state index contributed by atoms with van der Waals surface area (Å²) in [6.07, 6.45) is 2.48. The first-order valence-corrected chi connectivity index (χ1v) is 6.98. The Bertz CT molecular complexity index is 502. The number of hydrogen-bond donors (Lipinski definition) is 2. The molecular formula is C15H22FN3O. The van der Waals surface area contributed by atoms with Gasteiger partial charge in [0.2, 0.25) is 5.91 Å². The van der Waals surface area contributed by atoms with Gasteiger partial charge in [-0.25, -0.2) is 4.39 Å². The highest BCUT2D eigenvalue weighted by atomic mass is 19.1. The minimum atomic E-state index is -0.409. The van der Waals surface area contributed by atoms with Crippen LogP contribution in [0.5, 0.6) is 0 Å². The van der Waals surface area contributed by atoms with Gasteiger partial charge in [-0.3, -0.25) is 9.69 Å². The fourth-order valence-electron chi connectivity index (χ4n) is 2.33. The Morgan fingerprint density at radius 1 is 1.45 bits per heavy atom. The highest BCUT2D eigenvalue weighted by Gasteiger charge is 2.33. The average Bonchev–Trinajstić information content (AvgIpc) is 3.23. The fraction of sp³-hybridized carbons (Fsp3) is 0.533. The molecule has 0 bridgehead atoms. The van der Waals surface area contributed by atoms with E-state index in [-0.39, 0.29) is 17.6 Å². The normalized spacial score (nSPS) is 17.9. The number of nitrogen functional groups attached to an aromatic ring is 1. The van der Waals surface area contributed by atoms with E-state index in [1.165, 1.54) is 31.0 Å². The molecule has 4 nitrogen and oxygen atoms in total. The predicted molar refractivity (Wildman–Crippen MR) is 78.9 cm³/mol. The molecule has 20 heavy (non-hydrogen) atoms. The van der Waals surface area contributed by atoms with Crippen molar-refractivity contribution in [2.45, 2.75) is 38.8 Å². The monoisotopic (exact) mass is 279 g/mol. The fourth-order valence-corrected chi connectivity index (χ4v) is 2.33. The molecule has 0 radical (unpaired) electrons. The number of nitrogens with zero attached hydrogens (tertiary/aromatic N) is 1. The molecule has 1 aliphatic carbocycles. The number of nitrogens with one attached hydrogen (secondary N) is 1. The van der Waals surface area contributed by atoms with E-state index < -0.39 is 5.82 Å². The van der Waals surface area contributed by atoms with Crippen molar-refractivity contribution < 1.29 is 9.18 Å². The van der Waals surface area contributed by atoms with Gasteiger partial charge in [0.15, 0.2) is 0 Å². The first kappa shape index (κ1) is 14.8. The van der Waals surface area contributed by atoms with Crippen molar-refractivity contribution in [1.82, 2.24) is 4.90 Å². The second kappa shape index (κ2) is 5.79. The third-order valence-corrected chi connectivity index (χ3v) is 4.21. The molecule has 0 saturated heterocycles. The van der Waals surface area contributed by atoms with Crippen molar-refractivity contribution in [3.63, 3.8) is 0 Å². The number of likely N-dealkylation sites (N-methyl/N-ethyl adjacent to an activating group) is 1. The van der Waals surface area contributed by atoms with Crippen LogP contribution in [0.3, 0.4) is 0 Å². The van der Waals surface area contributed by atoms with E-state index in [2.05, 4.69) is 17.1 Å². The average molecular weight is 279 g/mol. The topological polar surface area (TPSA) is 58.4 Å². The van der Waals surface area contributed by atoms with Crippen LogP contribution in [0.1, 0.15) is 26.7 Å². The number of benzene rings is 1. The molecule has 1 aliphatic rings. The maximum absolute atomic E-state index is 13.0. The van der Waals surface area contributed by atoms with Crippen LogP contribution in [0, 0.1) is 11.7 Å². The zero-order valence-electron chi connectivity index (χ0n) is 12.2. The molecule has 3 N–H and O–H groups in total. The summed E-state index contributed by atoms with van der Waals surface area (Å²) >= 11 is 0. The molecule has 0 aliphatic heterocycles. The molecule has 1 aromatic rings. The number of halogens is 1. The molecule has 0 spiro atoms. The second-order valence-corrected chi connectivity index (χ2v) is 5.64. The minimum Gasteiger partial charge on any atom is -0.397 e. The quantitative estimate of drug-likeness (QED) is 0.814. The van der Waals surface area contributed by atoms with Gasteiger partial charge in [0.25, 0.3) is 0 Å². The van der Waals surface area contributed by atoms with E-state index >= 15 is 0 Å². The zero-order chi connectivity index (χ0) is 14.9. The molecule has 0 aromatic heterocycles. The van der Waals surface area contributed by atoms with Crippen LogP contribution in [-0.4, -0.2) is 29.9 Å². The Hall–Kier alpha value is -1.62. The summed E-state index contributed by atoms with van der Waals surface area (Å²) < 4.78 is 13.0.